The molecule has 0 bridgehead atoms. The van der Waals surface area contributed by atoms with Crippen LogP contribution in [0.5, 0.6) is 5.75 Å². The van der Waals surface area contributed by atoms with E-state index in [1.807, 2.05) is 30.9 Å². The minimum atomic E-state index is -0.497. The van der Waals surface area contributed by atoms with Gasteiger partial charge in [-0.3, -0.25) is 9.78 Å². The molecule has 3 heterocycles. The Kier molecular flexibility index (Phi) is 5.69. The fraction of sp³-hybridized carbons (Fsp3) is 0.545. The number of amides is 1. The Bertz CT molecular complexity index is 823. The van der Waals surface area contributed by atoms with Crippen molar-refractivity contribution in [3.8, 4) is 5.75 Å². The number of nitrogens with zero attached hydrogens (tertiary/aromatic N) is 2. The van der Waals surface area contributed by atoms with Gasteiger partial charge in [0.05, 0.1) is 11.8 Å². The van der Waals surface area contributed by atoms with E-state index in [1.54, 1.807) is 11.3 Å². The second-order valence-electron chi connectivity index (χ2n) is 8.18. The fourth-order valence-corrected chi connectivity index (χ4v) is 5.23. The van der Waals surface area contributed by atoms with E-state index >= 15 is 0 Å². The molecule has 0 unspecified atom stereocenters. The molecule has 2 aromatic heterocycles. The van der Waals surface area contributed by atoms with E-state index in [2.05, 4.69) is 21.8 Å². The second-order valence-corrected chi connectivity index (χ2v) is 8.96. The highest BCUT2D eigenvalue weighted by Gasteiger charge is 2.43. The third-order valence-corrected chi connectivity index (χ3v) is 6.83. The predicted octanol–water partition coefficient (Wildman–Crippen LogP) is 3.37. The summed E-state index contributed by atoms with van der Waals surface area (Å²) in [6.45, 7) is 5.44. The van der Waals surface area contributed by atoms with Crippen molar-refractivity contribution in [1.29, 1.82) is 0 Å². The summed E-state index contributed by atoms with van der Waals surface area (Å²) < 4.78 is 6.14. The lowest BCUT2D eigenvalue weighted by Crippen LogP contribution is -2.42. The zero-order chi connectivity index (χ0) is 19.7. The molecule has 4 atom stereocenters. The molecule has 1 N–H and O–H groups in total. The van der Waals surface area contributed by atoms with E-state index < -0.39 is 6.10 Å². The van der Waals surface area contributed by atoms with Gasteiger partial charge in [-0.2, -0.15) is 11.3 Å². The third-order valence-electron chi connectivity index (χ3n) is 6.10. The number of rotatable bonds is 5. The number of aliphatic hydroxyl groups is 1. The Balaban J connectivity index is 1.34. The number of aromatic nitrogens is 1. The van der Waals surface area contributed by atoms with Gasteiger partial charge in [0, 0.05) is 25.2 Å². The van der Waals surface area contributed by atoms with Crippen LogP contribution in [0.25, 0.3) is 0 Å². The summed E-state index contributed by atoms with van der Waals surface area (Å²) >= 11 is 1.67. The first-order valence-corrected chi connectivity index (χ1v) is 11.0. The van der Waals surface area contributed by atoms with E-state index in [4.69, 9.17) is 4.74 Å². The number of aryl methyl sites for hydroxylation is 3. The van der Waals surface area contributed by atoms with Crippen molar-refractivity contribution < 1.29 is 14.6 Å². The molecule has 2 aromatic rings. The molecule has 0 radical (unpaired) electrons. The van der Waals surface area contributed by atoms with Crippen LogP contribution in [0.4, 0.5) is 0 Å². The van der Waals surface area contributed by atoms with Gasteiger partial charge in [0.15, 0.2) is 0 Å². The summed E-state index contributed by atoms with van der Waals surface area (Å²) in [7, 11) is 0. The number of carbonyl (C=O) groups is 1. The maximum atomic E-state index is 12.6. The van der Waals surface area contributed by atoms with Gasteiger partial charge in [0.2, 0.25) is 5.91 Å². The number of carbonyl (C=O) groups excluding carboxylic acids is 1. The number of likely N-dealkylation sites (tertiary alicyclic amines) is 1. The molecule has 1 aliphatic carbocycles. The molecule has 0 aromatic carbocycles. The Morgan fingerprint density at radius 3 is 2.75 bits per heavy atom. The first-order valence-electron chi connectivity index (χ1n) is 10.1. The van der Waals surface area contributed by atoms with Crippen molar-refractivity contribution in [2.45, 2.75) is 51.7 Å². The minimum Gasteiger partial charge on any atom is -0.486 e. The average molecular weight is 401 g/mol. The summed E-state index contributed by atoms with van der Waals surface area (Å²) in [5.74, 6) is 1.75. The van der Waals surface area contributed by atoms with E-state index in [-0.39, 0.29) is 12.0 Å². The molecule has 2 aliphatic rings. The van der Waals surface area contributed by atoms with Crippen LogP contribution < -0.4 is 4.74 Å². The van der Waals surface area contributed by atoms with Gasteiger partial charge >= 0.3 is 0 Å². The smallest absolute Gasteiger partial charge is 0.222 e. The lowest BCUT2D eigenvalue weighted by Gasteiger charge is -2.35. The van der Waals surface area contributed by atoms with E-state index in [9.17, 15) is 9.90 Å². The largest absolute Gasteiger partial charge is 0.486 e. The topological polar surface area (TPSA) is 62.7 Å². The van der Waals surface area contributed by atoms with Crippen LogP contribution in [0.3, 0.4) is 0 Å². The molecule has 0 spiro atoms. The maximum Gasteiger partial charge on any atom is 0.222 e. The van der Waals surface area contributed by atoms with Crippen LogP contribution in [0.15, 0.2) is 29.0 Å². The number of hydrogen-bond donors (Lipinski definition) is 1. The van der Waals surface area contributed by atoms with E-state index in [1.165, 1.54) is 5.56 Å². The van der Waals surface area contributed by atoms with Gasteiger partial charge in [-0.15, -0.1) is 0 Å². The first-order chi connectivity index (χ1) is 13.5. The van der Waals surface area contributed by atoms with Crippen LogP contribution in [0.1, 0.15) is 36.2 Å². The highest BCUT2D eigenvalue weighted by atomic mass is 32.1. The van der Waals surface area contributed by atoms with Gasteiger partial charge in [0.25, 0.3) is 0 Å². The van der Waals surface area contributed by atoms with Gasteiger partial charge in [-0.05, 0) is 79.5 Å². The number of aliphatic hydroxyl groups excluding tert-OH is 1. The van der Waals surface area contributed by atoms with Gasteiger partial charge < -0.3 is 14.7 Å². The number of hydrogen-bond acceptors (Lipinski definition) is 5. The summed E-state index contributed by atoms with van der Waals surface area (Å²) in [5.41, 5.74) is 3.05. The number of ether oxygens (including phenoxy) is 1. The van der Waals surface area contributed by atoms with E-state index in [0.717, 1.165) is 43.1 Å². The summed E-state index contributed by atoms with van der Waals surface area (Å²) in [6.07, 6.45) is 2.12. The zero-order valence-electron chi connectivity index (χ0n) is 16.5. The molecule has 6 heteroatoms. The number of thiophene rings is 1. The maximum absolute atomic E-state index is 12.6. The molecule has 1 amide bonds. The highest BCUT2D eigenvalue weighted by molar-refractivity contribution is 7.07. The Morgan fingerprint density at radius 2 is 2.04 bits per heavy atom. The molecule has 2 fully saturated rings. The molecule has 1 saturated heterocycles. The molecule has 5 nitrogen and oxygen atoms in total. The van der Waals surface area contributed by atoms with Gasteiger partial charge in [-0.25, -0.2) is 0 Å². The molecule has 1 aliphatic heterocycles. The molecular weight excluding hydrogens is 372 g/mol. The van der Waals surface area contributed by atoms with Crippen LogP contribution >= 0.6 is 11.3 Å². The SMILES string of the molecule is Cc1ccc(O[C@@H]2C[C@@H]3CN(C(=O)CCc4ccsc4)C[C@@H]3C[C@H]2O)c(C)n1. The lowest BCUT2D eigenvalue weighted by molar-refractivity contribution is -0.130. The Morgan fingerprint density at radius 1 is 1.25 bits per heavy atom. The predicted molar refractivity (Wildman–Crippen MR) is 110 cm³/mol. The summed E-state index contributed by atoms with van der Waals surface area (Å²) in [4.78, 5) is 19.1. The van der Waals surface area contributed by atoms with Gasteiger partial charge in [0.1, 0.15) is 11.9 Å². The van der Waals surface area contributed by atoms with Crippen LogP contribution in [0.2, 0.25) is 0 Å². The third kappa shape index (κ3) is 4.23. The van der Waals surface area contributed by atoms with Crippen molar-refractivity contribution in [2.75, 3.05) is 13.1 Å². The van der Waals surface area contributed by atoms with Crippen molar-refractivity contribution >= 4 is 17.2 Å². The molecule has 1 saturated carbocycles. The van der Waals surface area contributed by atoms with Gasteiger partial charge in [-0.1, -0.05) is 0 Å². The monoisotopic (exact) mass is 400 g/mol. The minimum absolute atomic E-state index is 0.228. The standard InChI is InChI=1S/C22H28N2O3S/c1-14-3-5-20(15(2)23-14)27-21-10-18-12-24(11-17(18)9-19(21)25)22(26)6-4-16-7-8-28-13-16/h3,5,7-8,13,17-19,21,25H,4,6,9-12H2,1-2H3/t17-,18+,19+,21+/m0/s1. The molecule has 28 heavy (non-hydrogen) atoms. The zero-order valence-corrected chi connectivity index (χ0v) is 17.3. The first kappa shape index (κ1) is 19.4. The quantitative estimate of drug-likeness (QED) is 0.836. The Hall–Kier alpha value is -1.92. The molecular formula is C22H28N2O3S. The second kappa shape index (κ2) is 8.21. The van der Waals surface area contributed by atoms with Crippen molar-refractivity contribution in [2.24, 2.45) is 11.8 Å². The number of pyridine rings is 1. The van der Waals surface area contributed by atoms with Crippen molar-refractivity contribution in [3.05, 3.63) is 45.9 Å². The normalized spacial score (nSPS) is 26.9. The fourth-order valence-electron chi connectivity index (χ4n) is 4.53. The van der Waals surface area contributed by atoms with Crippen LogP contribution in [0, 0.1) is 25.7 Å². The summed E-state index contributed by atoms with van der Waals surface area (Å²) in [5, 5.41) is 14.8. The highest BCUT2D eigenvalue weighted by Crippen LogP contribution is 2.38. The Labute approximate surface area is 170 Å². The lowest BCUT2D eigenvalue weighted by atomic mass is 9.78. The van der Waals surface area contributed by atoms with E-state index in [0.29, 0.717) is 24.7 Å². The van der Waals surface area contributed by atoms with Crippen molar-refractivity contribution in [1.82, 2.24) is 9.88 Å². The molecule has 4 rings (SSSR count). The number of fused-ring (bicyclic) bond motifs is 1. The van der Waals surface area contributed by atoms with Crippen LogP contribution in [-0.2, 0) is 11.2 Å². The molecule has 150 valence electrons. The summed E-state index contributed by atoms with van der Waals surface area (Å²) in [6, 6.07) is 5.96. The average Bonchev–Trinajstić information content (AvgIpc) is 3.31. The van der Waals surface area contributed by atoms with Crippen molar-refractivity contribution in [3.63, 3.8) is 0 Å². The van der Waals surface area contributed by atoms with Crippen LogP contribution in [-0.4, -0.2) is 46.2 Å².